The first kappa shape index (κ1) is 13.2. The van der Waals surface area contributed by atoms with Crippen LogP contribution in [0.3, 0.4) is 0 Å². The Hall–Kier alpha value is -2.22. The van der Waals surface area contributed by atoms with Gasteiger partial charge in [0.15, 0.2) is 5.82 Å². The molecule has 2 aromatic rings. The lowest BCUT2D eigenvalue weighted by Gasteiger charge is -2.10. The van der Waals surface area contributed by atoms with E-state index in [1.54, 1.807) is 24.0 Å². The predicted molar refractivity (Wildman–Crippen MR) is 65.5 cm³/mol. The highest BCUT2D eigenvalue weighted by molar-refractivity contribution is 5.91. The Balaban J connectivity index is 2.51. The fourth-order valence-electron chi connectivity index (χ4n) is 1.73. The number of aromatic carboxylic acids is 1. The summed E-state index contributed by atoms with van der Waals surface area (Å²) in [4.78, 5) is 15.3. The third-order valence-electron chi connectivity index (χ3n) is 2.83. The van der Waals surface area contributed by atoms with E-state index in [-0.39, 0.29) is 12.2 Å². The zero-order valence-electron chi connectivity index (χ0n) is 10.7. The SMILES string of the molecule is CCC(O)Cn1nnc(C(=O)O)c1-c1nccn1C. The molecule has 1 atom stereocenters. The fourth-order valence-corrected chi connectivity index (χ4v) is 1.73. The van der Waals surface area contributed by atoms with Gasteiger partial charge in [-0.2, -0.15) is 0 Å². The fraction of sp³-hybridized carbons (Fsp3) is 0.455. The van der Waals surface area contributed by atoms with Crippen molar-refractivity contribution in [3.05, 3.63) is 18.1 Å². The van der Waals surface area contributed by atoms with Gasteiger partial charge in [-0.1, -0.05) is 12.1 Å². The topological polar surface area (TPSA) is 106 Å². The molecule has 0 spiro atoms. The van der Waals surface area contributed by atoms with Crippen molar-refractivity contribution in [1.82, 2.24) is 24.5 Å². The molecule has 2 rings (SSSR count). The van der Waals surface area contributed by atoms with Crippen molar-refractivity contribution in [1.29, 1.82) is 0 Å². The Morgan fingerprint density at radius 1 is 1.53 bits per heavy atom. The Bertz CT molecular complexity index is 589. The van der Waals surface area contributed by atoms with Crippen molar-refractivity contribution in [3.8, 4) is 11.5 Å². The molecule has 0 aliphatic carbocycles. The molecule has 0 radical (unpaired) electrons. The summed E-state index contributed by atoms with van der Waals surface area (Å²) in [6.07, 6.45) is 3.20. The van der Waals surface area contributed by atoms with Crippen LogP contribution in [0.1, 0.15) is 23.8 Å². The first-order valence-electron chi connectivity index (χ1n) is 5.87. The van der Waals surface area contributed by atoms with Gasteiger partial charge in [0.25, 0.3) is 0 Å². The van der Waals surface area contributed by atoms with Crippen LogP contribution in [0.4, 0.5) is 0 Å². The van der Waals surface area contributed by atoms with Crippen molar-refractivity contribution in [2.45, 2.75) is 26.0 Å². The second kappa shape index (κ2) is 5.19. The number of hydrogen-bond donors (Lipinski definition) is 2. The van der Waals surface area contributed by atoms with Crippen LogP contribution in [0.5, 0.6) is 0 Å². The van der Waals surface area contributed by atoms with Crippen LogP contribution in [0.25, 0.3) is 11.5 Å². The highest BCUT2D eigenvalue weighted by atomic mass is 16.4. The molecule has 8 heteroatoms. The highest BCUT2D eigenvalue weighted by Crippen LogP contribution is 2.20. The summed E-state index contributed by atoms with van der Waals surface area (Å²) in [7, 11) is 1.75. The number of aromatic nitrogens is 5. The number of hydrogen-bond acceptors (Lipinski definition) is 5. The molecule has 0 aliphatic rings. The average molecular weight is 265 g/mol. The number of imidazole rings is 1. The van der Waals surface area contributed by atoms with Crippen LogP contribution >= 0.6 is 0 Å². The largest absolute Gasteiger partial charge is 0.476 e. The first-order chi connectivity index (χ1) is 9.04. The van der Waals surface area contributed by atoms with Crippen LogP contribution in [0, 0.1) is 0 Å². The number of aliphatic hydroxyl groups excluding tert-OH is 1. The van der Waals surface area contributed by atoms with Gasteiger partial charge < -0.3 is 14.8 Å². The minimum atomic E-state index is -1.17. The molecule has 2 N–H and O–H groups in total. The van der Waals surface area contributed by atoms with Gasteiger partial charge in [0.1, 0.15) is 5.69 Å². The monoisotopic (exact) mass is 265 g/mol. The maximum absolute atomic E-state index is 11.2. The first-order valence-corrected chi connectivity index (χ1v) is 5.87. The molecule has 1 unspecified atom stereocenters. The summed E-state index contributed by atoms with van der Waals surface area (Å²) in [6, 6.07) is 0. The Labute approximate surface area is 109 Å². The summed E-state index contributed by atoms with van der Waals surface area (Å²) < 4.78 is 3.06. The quantitative estimate of drug-likeness (QED) is 0.797. The normalized spacial score (nSPS) is 12.6. The lowest BCUT2D eigenvalue weighted by molar-refractivity contribution is 0.0691. The van der Waals surface area contributed by atoms with Crippen molar-refractivity contribution in [2.75, 3.05) is 0 Å². The van der Waals surface area contributed by atoms with Crippen molar-refractivity contribution in [3.63, 3.8) is 0 Å². The summed E-state index contributed by atoms with van der Waals surface area (Å²) >= 11 is 0. The van der Waals surface area contributed by atoms with E-state index >= 15 is 0 Å². The van der Waals surface area contributed by atoms with Gasteiger partial charge >= 0.3 is 5.97 Å². The van der Waals surface area contributed by atoms with Crippen LogP contribution in [0.2, 0.25) is 0 Å². The zero-order valence-corrected chi connectivity index (χ0v) is 10.7. The van der Waals surface area contributed by atoms with E-state index in [1.165, 1.54) is 4.68 Å². The second-order valence-corrected chi connectivity index (χ2v) is 4.20. The van der Waals surface area contributed by atoms with Gasteiger partial charge in [0.2, 0.25) is 5.69 Å². The van der Waals surface area contributed by atoms with E-state index in [9.17, 15) is 9.90 Å². The standard InChI is InChI=1S/C11H15N5O3/c1-3-7(17)6-16-9(8(11(18)19)13-14-16)10-12-4-5-15(10)2/h4-5,7,17H,3,6H2,1-2H3,(H,18,19). The molecule has 0 fully saturated rings. The maximum Gasteiger partial charge on any atom is 0.358 e. The average Bonchev–Trinajstić information content (AvgIpc) is 2.95. The number of aryl methyl sites for hydroxylation is 1. The molecular weight excluding hydrogens is 250 g/mol. The van der Waals surface area contributed by atoms with Crippen molar-refractivity contribution in [2.24, 2.45) is 7.05 Å². The Morgan fingerprint density at radius 3 is 2.79 bits per heavy atom. The molecule has 102 valence electrons. The molecule has 0 saturated carbocycles. The van der Waals surface area contributed by atoms with Crippen molar-refractivity contribution >= 4 is 5.97 Å². The number of nitrogens with zero attached hydrogens (tertiary/aromatic N) is 5. The number of aliphatic hydroxyl groups is 1. The third kappa shape index (κ3) is 2.48. The van der Waals surface area contributed by atoms with E-state index in [0.717, 1.165) is 0 Å². The van der Waals surface area contributed by atoms with Gasteiger partial charge in [-0.3, -0.25) is 0 Å². The Kier molecular flexibility index (Phi) is 3.61. The minimum absolute atomic E-state index is 0.169. The number of carbonyl (C=O) groups is 1. The second-order valence-electron chi connectivity index (χ2n) is 4.20. The zero-order chi connectivity index (χ0) is 14.0. The summed E-state index contributed by atoms with van der Waals surface area (Å²) in [5, 5.41) is 26.3. The van der Waals surface area contributed by atoms with E-state index in [4.69, 9.17) is 5.11 Å². The molecule has 0 saturated heterocycles. The van der Waals surface area contributed by atoms with Crippen LogP contribution in [0.15, 0.2) is 12.4 Å². The van der Waals surface area contributed by atoms with Crippen LogP contribution in [-0.2, 0) is 13.6 Å². The number of carboxylic acids is 1. The molecule has 19 heavy (non-hydrogen) atoms. The smallest absolute Gasteiger partial charge is 0.358 e. The summed E-state index contributed by atoms with van der Waals surface area (Å²) in [6.45, 7) is 2.01. The van der Waals surface area contributed by atoms with Gasteiger partial charge in [0, 0.05) is 19.4 Å². The van der Waals surface area contributed by atoms with E-state index in [1.807, 2.05) is 6.92 Å². The summed E-state index contributed by atoms with van der Waals surface area (Å²) in [5.41, 5.74) is 0.130. The van der Waals surface area contributed by atoms with Crippen LogP contribution in [-0.4, -0.2) is 46.8 Å². The molecule has 0 aromatic carbocycles. The molecule has 2 aromatic heterocycles. The number of carboxylic acid groups (broad SMARTS) is 1. The van der Waals surface area contributed by atoms with Gasteiger partial charge in [0.05, 0.1) is 12.6 Å². The van der Waals surface area contributed by atoms with E-state index in [2.05, 4.69) is 15.3 Å². The molecule has 2 heterocycles. The van der Waals surface area contributed by atoms with Gasteiger partial charge in [-0.25, -0.2) is 14.5 Å². The molecule has 0 aliphatic heterocycles. The van der Waals surface area contributed by atoms with Gasteiger partial charge in [-0.15, -0.1) is 5.10 Å². The Morgan fingerprint density at radius 2 is 2.26 bits per heavy atom. The van der Waals surface area contributed by atoms with Crippen LogP contribution < -0.4 is 0 Å². The highest BCUT2D eigenvalue weighted by Gasteiger charge is 2.24. The lowest BCUT2D eigenvalue weighted by atomic mass is 10.2. The lowest BCUT2D eigenvalue weighted by Crippen LogP contribution is -2.17. The van der Waals surface area contributed by atoms with Crippen molar-refractivity contribution < 1.29 is 15.0 Å². The maximum atomic E-state index is 11.2. The third-order valence-corrected chi connectivity index (χ3v) is 2.83. The van der Waals surface area contributed by atoms with E-state index < -0.39 is 12.1 Å². The number of rotatable bonds is 5. The van der Waals surface area contributed by atoms with E-state index in [0.29, 0.717) is 17.9 Å². The molecule has 0 bridgehead atoms. The molecule has 0 amide bonds. The minimum Gasteiger partial charge on any atom is -0.476 e. The van der Waals surface area contributed by atoms with Gasteiger partial charge in [-0.05, 0) is 6.42 Å². The molecule has 8 nitrogen and oxygen atoms in total. The predicted octanol–water partition coefficient (Wildman–Crippen LogP) is 0.148. The molecular formula is C11H15N5O3. The summed E-state index contributed by atoms with van der Waals surface area (Å²) in [5.74, 6) is -0.721.